The number of unbranched alkanes of at least 4 members (excludes halogenated alkanes) is 2. The zero-order chi connectivity index (χ0) is 24.5. The van der Waals surface area contributed by atoms with Crippen LogP contribution in [0.5, 0.6) is 0 Å². The van der Waals surface area contributed by atoms with Gasteiger partial charge in [-0.3, -0.25) is 4.57 Å². The van der Waals surface area contributed by atoms with Gasteiger partial charge in [0.25, 0.3) is 0 Å². The molecule has 178 valence electrons. The highest BCUT2D eigenvalue weighted by Gasteiger charge is 2.17. The van der Waals surface area contributed by atoms with Crippen LogP contribution in [0.25, 0.3) is 50.1 Å². The third-order valence-corrected chi connectivity index (χ3v) is 7.03. The van der Waals surface area contributed by atoms with Crippen molar-refractivity contribution in [1.82, 2.24) is 9.55 Å². The normalized spacial score (nSPS) is 11.5. The smallest absolute Gasteiger partial charge is 0.144 e. The first kappa shape index (κ1) is 22.4. The van der Waals surface area contributed by atoms with Gasteiger partial charge in [-0.15, -0.1) is 0 Å². The highest BCUT2D eigenvalue weighted by atomic mass is 16.3. The summed E-state index contributed by atoms with van der Waals surface area (Å²) in [5.74, 6) is 0.952. The summed E-state index contributed by atoms with van der Waals surface area (Å²) in [6.45, 7) is 4.48. The molecule has 2 heterocycles. The number of para-hydroxylation sites is 1. The molecule has 6 aromatic rings. The maximum absolute atomic E-state index is 6.12. The van der Waals surface area contributed by atoms with E-state index in [2.05, 4.69) is 91.3 Å². The van der Waals surface area contributed by atoms with Crippen LogP contribution in [0.3, 0.4) is 0 Å². The van der Waals surface area contributed by atoms with Gasteiger partial charge < -0.3 is 4.42 Å². The number of aromatic nitrogens is 2. The SMILES string of the molecule is CCCCCc1cc(C)c(-n2ccnc2-c2ccccc2)c(-c2ccc3oc4ccccc4c3c2)c1. The Balaban J connectivity index is 1.57. The second-order valence-corrected chi connectivity index (χ2v) is 9.56. The van der Waals surface area contributed by atoms with Gasteiger partial charge in [0.1, 0.15) is 17.0 Å². The van der Waals surface area contributed by atoms with Crippen molar-refractivity contribution in [3.05, 3.63) is 108 Å². The second-order valence-electron chi connectivity index (χ2n) is 9.56. The predicted octanol–water partition coefficient (Wildman–Crippen LogP) is 9.15. The zero-order valence-electron chi connectivity index (χ0n) is 20.9. The van der Waals surface area contributed by atoms with Crippen LogP contribution < -0.4 is 0 Å². The van der Waals surface area contributed by atoms with Gasteiger partial charge in [-0.05, 0) is 60.7 Å². The lowest BCUT2D eigenvalue weighted by Gasteiger charge is -2.19. The summed E-state index contributed by atoms with van der Waals surface area (Å²) in [5, 5.41) is 2.30. The number of rotatable bonds is 7. The van der Waals surface area contributed by atoms with Crippen LogP contribution in [0.1, 0.15) is 37.3 Å². The minimum absolute atomic E-state index is 0.921. The summed E-state index contributed by atoms with van der Waals surface area (Å²) in [6, 6.07) is 30.0. The molecule has 0 aliphatic rings. The summed E-state index contributed by atoms with van der Waals surface area (Å²) in [6.07, 6.45) is 8.76. The molecule has 0 spiro atoms. The molecule has 3 heteroatoms. The van der Waals surface area contributed by atoms with Crippen molar-refractivity contribution < 1.29 is 4.42 Å². The van der Waals surface area contributed by atoms with Crippen LogP contribution in [0, 0.1) is 6.92 Å². The van der Waals surface area contributed by atoms with E-state index in [0.29, 0.717) is 0 Å². The number of fused-ring (bicyclic) bond motifs is 3. The Kier molecular flexibility index (Phi) is 5.90. The van der Waals surface area contributed by atoms with Crippen LogP contribution in [0.4, 0.5) is 0 Å². The maximum atomic E-state index is 6.12. The molecular formula is C33H30N2O. The lowest BCUT2D eigenvalue weighted by Crippen LogP contribution is -2.03. The van der Waals surface area contributed by atoms with Gasteiger partial charge in [-0.1, -0.05) is 80.4 Å². The fraction of sp³-hybridized carbons (Fsp3) is 0.182. The molecule has 0 amide bonds. The van der Waals surface area contributed by atoms with Gasteiger partial charge in [0, 0.05) is 34.3 Å². The summed E-state index contributed by atoms with van der Waals surface area (Å²) in [4.78, 5) is 4.75. The molecule has 0 aliphatic heterocycles. The van der Waals surface area contributed by atoms with E-state index in [1.54, 1.807) is 0 Å². The van der Waals surface area contributed by atoms with E-state index in [1.807, 2.05) is 24.4 Å². The Morgan fingerprint density at radius 3 is 2.44 bits per heavy atom. The van der Waals surface area contributed by atoms with Crippen molar-refractivity contribution in [2.45, 2.75) is 39.5 Å². The largest absolute Gasteiger partial charge is 0.456 e. The van der Waals surface area contributed by atoms with Gasteiger partial charge in [-0.25, -0.2) is 4.98 Å². The molecule has 0 fully saturated rings. The Hall–Kier alpha value is -4.11. The van der Waals surface area contributed by atoms with Crippen LogP contribution >= 0.6 is 0 Å². The van der Waals surface area contributed by atoms with Crippen molar-refractivity contribution in [2.24, 2.45) is 0 Å². The zero-order valence-corrected chi connectivity index (χ0v) is 20.9. The number of hydrogen-bond acceptors (Lipinski definition) is 2. The Labute approximate surface area is 212 Å². The van der Waals surface area contributed by atoms with E-state index >= 15 is 0 Å². The molecule has 2 aromatic heterocycles. The highest BCUT2D eigenvalue weighted by molar-refractivity contribution is 6.06. The van der Waals surface area contributed by atoms with Crippen molar-refractivity contribution in [2.75, 3.05) is 0 Å². The average molecular weight is 471 g/mol. The minimum Gasteiger partial charge on any atom is -0.456 e. The fourth-order valence-corrected chi connectivity index (χ4v) is 5.30. The number of benzene rings is 4. The molecule has 0 radical (unpaired) electrons. The lowest BCUT2D eigenvalue weighted by molar-refractivity contribution is 0.669. The van der Waals surface area contributed by atoms with E-state index in [1.165, 1.54) is 47.2 Å². The molecule has 0 N–H and O–H groups in total. The Bertz CT molecular complexity index is 1660. The summed E-state index contributed by atoms with van der Waals surface area (Å²) in [5.41, 5.74) is 9.19. The third-order valence-electron chi connectivity index (χ3n) is 7.03. The standard InChI is InChI=1S/C33H30N2O/c1-3-4-6-11-24-20-23(2)32(35-19-18-34-33(35)25-12-7-5-8-13-25)28(21-24)26-16-17-31-29(22-26)27-14-9-10-15-30(27)36-31/h5,7-10,12-22H,3-4,6,11H2,1-2H3. The van der Waals surface area contributed by atoms with Gasteiger partial charge in [0.2, 0.25) is 0 Å². The first-order chi connectivity index (χ1) is 17.7. The van der Waals surface area contributed by atoms with Crippen LogP contribution in [0.15, 0.2) is 102 Å². The van der Waals surface area contributed by atoms with E-state index < -0.39 is 0 Å². The predicted molar refractivity (Wildman–Crippen MR) is 150 cm³/mol. The van der Waals surface area contributed by atoms with Gasteiger partial charge in [0.05, 0.1) is 5.69 Å². The first-order valence-corrected chi connectivity index (χ1v) is 12.9. The molecule has 0 unspecified atom stereocenters. The van der Waals surface area contributed by atoms with Gasteiger partial charge >= 0.3 is 0 Å². The van der Waals surface area contributed by atoms with Crippen molar-refractivity contribution in [1.29, 1.82) is 0 Å². The topological polar surface area (TPSA) is 31.0 Å². The molecule has 0 saturated carbocycles. The van der Waals surface area contributed by atoms with Crippen molar-refractivity contribution in [3.63, 3.8) is 0 Å². The highest BCUT2D eigenvalue weighted by Crippen LogP contribution is 2.37. The molecular weight excluding hydrogens is 440 g/mol. The average Bonchev–Trinajstić information content (AvgIpc) is 3.53. The number of hydrogen-bond donors (Lipinski definition) is 0. The van der Waals surface area contributed by atoms with E-state index in [9.17, 15) is 0 Å². The Morgan fingerprint density at radius 2 is 1.58 bits per heavy atom. The van der Waals surface area contributed by atoms with Gasteiger partial charge in [0.15, 0.2) is 0 Å². The summed E-state index contributed by atoms with van der Waals surface area (Å²) >= 11 is 0. The number of aryl methyl sites for hydroxylation is 2. The molecule has 0 aliphatic carbocycles. The second kappa shape index (κ2) is 9.50. The quantitative estimate of drug-likeness (QED) is 0.218. The number of furan rings is 1. The molecule has 0 bridgehead atoms. The molecule has 36 heavy (non-hydrogen) atoms. The van der Waals surface area contributed by atoms with Crippen molar-refractivity contribution in [3.8, 4) is 28.2 Å². The van der Waals surface area contributed by atoms with Crippen LogP contribution in [-0.2, 0) is 6.42 Å². The molecule has 0 atom stereocenters. The summed E-state index contributed by atoms with van der Waals surface area (Å²) < 4.78 is 8.36. The lowest BCUT2D eigenvalue weighted by atomic mass is 9.94. The van der Waals surface area contributed by atoms with Gasteiger partial charge in [-0.2, -0.15) is 0 Å². The van der Waals surface area contributed by atoms with Crippen LogP contribution in [-0.4, -0.2) is 9.55 Å². The molecule has 6 rings (SSSR count). The minimum atomic E-state index is 0.921. The third kappa shape index (κ3) is 4.01. The van der Waals surface area contributed by atoms with Crippen molar-refractivity contribution >= 4 is 21.9 Å². The van der Waals surface area contributed by atoms with E-state index in [4.69, 9.17) is 9.40 Å². The Morgan fingerprint density at radius 1 is 0.778 bits per heavy atom. The maximum Gasteiger partial charge on any atom is 0.144 e. The monoisotopic (exact) mass is 470 g/mol. The molecule has 4 aromatic carbocycles. The summed E-state index contributed by atoms with van der Waals surface area (Å²) in [7, 11) is 0. The fourth-order valence-electron chi connectivity index (χ4n) is 5.30. The molecule has 3 nitrogen and oxygen atoms in total. The number of imidazole rings is 1. The number of nitrogens with zero attached hydrogens (tertiary/aromatic N) is 2. The first-order valence-electron chi connectivity index (χ1n) is 12.9. The van der Waals surface area contributed by atoms with Crippen LogP contribution in [0.2, 0.25) is 0 Å². The molecule has 0 saturated heterocycles. The van der Waals surface area contributed by atoms with E-state index in [0.717, 1.165) is 39.7 Å². The van der Waals surface area contributed by atoms with E-state index in [-0.39, 0.29) is 0 Å².